The number of aromatic amines is 1. The van der Waals surface area contributed by atoms with E-state index < -0.39 is 11.8 Å². The number of carbonyl (C=O) groups is 1. The molecule has 0 aliphatic carbocycles. The lowest BCUT2D eigenvalue weighted by Crippen LogP contribution is -2.25. The number of rotatable bonds is 3. The highest BCUT2D eigenvalue weighted by Crippen LogP contribution is 2.25. The lowest BCUT2D eigenvalue weighted by molar-refractivity contribution is 0.138. The van der Waals surface area contributed by atoms with Crippen molar-refractivity contribution in [1.82, 2.24) is 4.98 Å². The molecule has 1 aromatic carbocycles. The standard InChI is InChI=1S/C12H13N3O4/c13-4-3-8-6-15(12(17)18-8)7-1-2-10-9(5-7)14-11(16)19-10/h1-2,5,8H,3-4,6,13H2,(H,14,16). The van der Waals surface area contributed by atoms with Gasteiger partial charge in [0.05, 0.1) is 12.1 Å². The van der Waals surface area contributed by atoms with Gasteiger partial charge in [-0.05, 0) is 31.2 Å². The Morgan fingerprint density at radius 3 is 3.05 bits per heavy atom. The first-order valence-electron chi connectivity index (χ1n) is 5.98. The largest absolute Gasteiger partial charge is 0.444 e. The van der Waals surface area contributed by atoms with Gasteiger partial charge in [0.2, 0.25) is 0 Å². The van der Waals surface area contributed by atoms with Gasteiger partial charge in [-0.1, -0.05) is 0 Å². The number of oxazole rings is 1. The van der Waals surface area contributed by atoms with Crippen LogP contribution in [-0.4, -0.2) is 30.3 Å². The lowest BCUT2D eigenvalue weighted by Gasteiger charge is -2.12. The number of fused-ring (bicyclic) bond motifs is 1. The number of hydrogen-bond acceptors (Lipinski definition) is 5. The van der Waals surface area contributed by atoms with E-state index in [1.807, 2.05) is 0 Å². The minimum Gasteiger partial charge on any atom is -0.444 e. The van der Waals surface area contributed by atoms with Crippen LogP contribution in [0.5, 0.6) is 0 Å². The number of ether oxygens (including phenoxy) is 1. The summed E-state index contributed by atoms with van der Waals surface area (Å²) in [7, 11) is 0. The van der Waals surface area contributed by atoms with Gasteiger partial charge in [-0.25, -0.2) is 9.59 Å². The molecule has 0 saturated carbocycles. The molecule has 1 fully saturated rings. The summed E-state index contributed by atoms with van der Waals surface area (Å²) < 4.78 is 10.1. The molecule has 7 heteroatoms. The second-order valence-corrected chi connectivity index (χ2v) is 4.39. The zero-order chi connectivity index (χ0) is 13.4. The van der Waals surface area contributed by atoms with Crippen LogP contribution < -0.4 is 16.4 Å². The van der Waals surface area contributed by atoms with Crippen LogP contribution in [0.15, 0.2) is 27.4 Å². The highest BCUT2D eigenvalue weighted by molar-refractivity contribution is 5.92. The fraction of sp³-hybridized carbons (Fsp3) is 0.333. The van der Waals surface area contributed by atoms with E-state index in [9.17, 15) is 9.59 Å². The van der Waals surface area contributed by atoms with Crippen LogP contribution in [0.1, 0.15) is 6.42 Å². The van der Waals surface area contributed by atoms with Crippen molar-refractivity contribution in [1.29, 1.82) is 0 Å². The molecule has 1 amide bonds. The van der Waals surface area contributed by atoms with Crippen LogP contribution >= 0.6 is 0 Å². The van der Waals surface area contributed by atoms with Gasteiger partial charge in [0.15, 0.2) is 5.58 Å². The SMILES string of the molecule is NCCC1CN(c2ccc3oc(=O)[nH]c3c2)C(=O)O1. The second kappa shape index (κ2) is 4.43. The van der Waals surface area contributed by atoms with Crippen LogP contribution in [0, 0.1) is 0 Å². The molecule has 2 aromatic rings. The molecule has 0 radical (unpaired) electrons. The van der Waals surface area contributed by atoms with E-state index in [-0.39, 0.29) is 6.10 Å². The molecular formula is C12H13N3O4. The predicted molar refractivity (Wildman–Crippen MR) is 68.1 cm³/mol. The number of nitrogens with one attached hydrogen (secondary N) is 1. The number of aromatic nitrogens is 1. The van der Waals surface area contributed by atoms with Crippen LogP contribution in [0.2, 0.25) is 0 Å². The van der Waals surface area contributed by atoms with E-state index in [0.29, 0.717) is 36.3 Å². The summed E-state index contributed by atoms with van der Waals surface area (Å²) in [4.78, 5) is 26.9. The van der Waals surface area contributed by atoms with Gasteiger partial charge in [-0.3, -0.25) is 9.88 Å². The third-order valence-corrected chi connectivity index (χ3v) is 3.08. The Hall–Kier alpha value is -2.28. The van der Waals surface area contributed by atoms with Gasteiger partial charge in [-0.15, -0.1) is 0 Å². The average molecular weight is 263 g/mol. The van der Waals surface area contributed by atoms with Gasteiger partial charge >= 0.3 is 11.8 Å². The zero-order valence-electron chi connectivity index (χ0n) is 10.1. The summed E-state index contributed by atoms with van der Waals surface area (Å²) in [5.41, 5.74) is 7.13. The summed E-state index contributed by atoms with van der Waals surface area (Å²) in [6, 6.07) is 5.05. The van der Waals surface area contributed by atoms with Crippen molar-refractivity contribution in [3.8, 4) is 0 Å². The monoisotopic (exact) mass is 263 g/mol. The third-order valence-electron chi connectivity index (χ3n) is 3.08. The first kappa shape index (κ1) is 11.8. The number of hydrogen-bond donors (Lipinski definition) is 2. The number of nitrogens with zero attached hydrogens (tertiary/aromatic N) is 1. The summed E-state index contributed by atoms with van der Waals surface area (Å²) in [5.74, 6) is -0.517. The van der Waals surface area contributed by atoms with Crippen molar-refractivity contribution >= 4 is 22.9 Å². The van der Waals surface area contributed by atoms with Crippen molar-refractivity contribution < 1.29 is 13.9 Å². The highest BCUT2D eigenvalue weighted by atomic mass is 16.6. The molecule has 19 heavy (non-hydrogen) atoms. The number of carbonyl (C=O) groups excluding carboxylic acids is 1. The van der Waals surface area contributed by atoms with Crippen molar-refractivity contribution in [3.05, 3.63) is 28.7 Å². The summed E-state index contributed by atoms with van der Waals surface area (Å²) in [6.45, 7) is 0.934. The van der Waals surface area contributed by atoms with Gasteiger partial charge in [-0.2, -0.15) is 0 Å². The first-order valence-corrected chi connectivity index (χ1v) is 5.98. The molecule has 1 aliphatic heterocycles. The molecule has 0 bridgehead atoms. The Kier molecular flexibility index (Phi) is 2.75. The van der Waals surface area contributed by atoms with E-state index >= 15 is 0 Å². The van der Waals surface area contributed by atoms with Crippen molar-refractivity contribution in [2.75, 3.05) is 18.0 Å². The van der Waals surface area contributed by atoms with Gasteiger partial charge in [0, 0.05) is 5.69 Å². The first-order chi connectivity index (χ1) is 9.17. The van der Waals surface area contributed by atoms with Crippen LogP contribution in [0.3, 0.4) is 0 Å². The fourth-order valence-corrected chi connectivity index (χ4v) is 2.18. The van der Waals surface area contributed by atoms with E-state index in [4.69, 9.17) is 14.9 Å². The molecule has 1 aliphatic rings. The topological polar surface area (TPSA) is 102 Å². The Bertz CT molecular complexity index is 675. The van der Waals surface area contributed by atoms with Crippen LogP contribution in [0.4, 0.5) is 10.5 Å². The Labute approximate surface area is 107 Å². The van der Waals surface area contributed by atoms with Crippen molar-refractivity contribution in [3.63, 3.8) is 0 Å². The Balaban J connectivity index is 1.91. The Morgan fingerprint density at radius 1 is 1.42 bits per heavy atom. The van der Waals surface area contributed by atoms with Crippen LogP contribution in [0.25, 0.3) is 11.1 Å². The van der Waals surface area contributed by atoms with E-state index in [1.165, 1.54) is 4.90 Å². The van der Waals surface area contributed by atoms with Gasteiger partial charge < -0.3 is 14.9 Å². The average Bonchev–Trinajstić information content (AvgIpc) is 2.90. The molecule has 2 heterocycles. The molecule has 1 atom stereocenters. The molecule has 1 unspecified atom stereocenters. The van der Waals surface area contributed by atoms with Crippen LogP contribution in [-0.2, 0) is 4.74 Å². The minimum atomic E-state index is -0.517. The number of nitrogens with two attached hydrogens (primary N) is 1. The summed E-state index contributed by atoms with van der Waals surface area (Å²) in [6.07, 6.45) is 0.0489. The molecule has 3 N–H and O–H groups in total. The van der Waals surface area contributed by atoms with Gasteiger partial charge in [0.25, 0.3) is 0 Å². The molecule has 7 nitrogen and oxygen atoms in total. The van der Waals surface area contributed by atoms with Crippen molar-refractivity contribution in [2.45, 2.75) is 12.5 Å². The maximum Gasteiger partial charge on any atom is 0.417 e. The highest BCUT2D eigenvalue weighted by Gasteiger charge is 2.31. The number of cyclic esters (lactones) is 1. The maximum absolute atomic E-state index is 11.8. The lowest BCUT2D eigenvalue weighted by atomic mass is 10.2. The molecular weight excluding hydrogens is 250 g/mol. The smallest absolute Gasteiger partial charge is 0.417 e. The molecule has 3 rings (SSSR count). The predicted octanol–water partition coefficient (Wildman–Crippen LogP) is 0.795. The van der Waals surface area contributed by atoms with Crippen molar-refractivity contribution in [2.24, 2.45) is 5.73 Å². The van der Waals surface area contributed by atoms with E-state index in [0.717, 1.165) is 0 Å². The van der Waals surface area contributed by atoms with E-state index in [2.05, 4.69) is 4.98 Å². The minimum absolute atomic E-state index is 0.184. The Morgan fingerprint density at radius 2 is 2.26 bits per heavy atom. The zero-order valence-corrected chi connectivity index (χ0v) is 10.1. The molecule has 1 saturated heterocycles. The molecule has 1 aromatic heterocycles. The summed E-state index contributed by atoms with van der Waals surface area (Å²) >= 11 is 0. The van der Waals surface area contributed by atoms with Gasteiger partial charge in [0.1, 0.15) is 6.10 Å². The second-order valence-electron chi connectivity index (χ2n) is 4.39. The molecule has 100 valence electrons. The normalized spacial score (nSPS) is 19.1. The summed E-state index contributed by atoms with van der Waals surface area (Å²) in [5, 5.41) is 0. The maximum atomic E-state index is 11.8. The molecule has 0 spiro atoms. The quantitative estimate of drug-likeness (QED) is 0.852. The third kappa shape index (κ3) is 2.08. The number of H-pyrrole nitrogens is 1. The number of amides is 1. The fourth-order valence-electron chi connectivity index (χ4n) is 2.18. The number of benzene rings is 1. The number of anilines is 1. The van der Waals surface area contributed by atoms with E-state index in [1.54, 1.807) is 18.2 Å².